The zero-order valence-corrected chi connectivity index (χ0v) is 15.8. The highest BCUT2D eigenvalue weighted by Gasteiger charge is 2.35. The fourth-order valence-corrected chi connectivity index (χ4v) is 3.13. The first kappa shape index (κ1) is 20.8. The first-order valence-corrected chi connectivity index (χ1v) is 9.70. The number of hydrogen-bond acceptors (Lipinski definition) is 5. The standard InChI is InChI=1S/C18H16F3N3O4S/c1-11(25)14-9-13(7-8-16(14)28-29(22,26)27)24-15(12-5-3-2-4-6-12)10-17(23-24)18(19,20)21/h2-11,25H,1H3,(H2,22,26,27). The van der Waals surface area contributed by atoms with Gasteiger partial charge in [0.05, 0.1) is 17.5 Å². The van der Waals surface area contributed by atoms with E-state index in [1.165, 1.54) is 25.1 Å². The van der Waals surface area contributed by atoms with Crippen molar-refractivity contribution < 1.29 is 30.9 Å². The summed E-state index contributed by atoms with van der Waals surface area (Å²) < 4.78 is 67.9. The van der Waals surface area contributed by atoms with E-state index < -0.39 is 28.3 Å². The molecule has 1 aromatic heterocycles. The van der Waals surface area contributed by atoms with E-state index in [9.17, 15) is 26.7 Å². The molecular formula is C18H16F3N3O4S. The van der Waals surface area contributed by atoms with Crippen molar-refractivity contribution in [3.05, 3.63) is 65.9 Å². The number of aromatic nitrogens is 2. The average Bonchev–Trinajstić information content (AvgIpc) is 3.07. The molecule has 0 saturated heterocycles. The number of alkyl halides is 3. The molecule has 1 heterocycles. The fraction of sp³-hybridized carbons (Fsp3) is 0.167. The topological polar surface area (TPSA) is 107 Å². The maximum absolute atomic E-state index is 13.3. The molecule has 11 heteroatoms. The molecule has 0 aliphatic carbocycles. The zero-order chi connectivity index (χ0) is 21.4. The summed E-state index contributed by atoms with van der Waals surface area (Å²) in [5.41, 5.74) is -0.273. The third-order valence-corrected chi connectivity index (χ3v) is 4.38. The van der Waals surface area contributed by atoms with E-state index in [1.54, 1.807) is 30.3 Å². The van der Waals surface area contributed by atoms with Crippen molar-refractivity contribution in [3.8, 4) is 22.7 Å². The molecule has 0 radical (unpaired) electrons. The molecule has 3 N–H and O–H groups in total. The second kappa shape index (κ2) is 7.50. The Morgan fingerprint density at radius 2 is 1.79 bits per heavy atom. The Morgan fingerprint density at radius 3 is 2.34 bits per heavy atom. The predicted octanol–water partition coefficient (Wildman–Crippen LogP) is 3.19. The maximum Gasteiger partial charge on any atom is 0.435 e. The zero-order valence-electron chi connectivity index (χ0n) is 15.0. The van der Waals surface area contributed by atoms with Crippen LogP contribution in [0.3, 0.4) is 0 Å². The van der Waals surface area contributed by atoms with E-state index in [0.29, 0.717) is 5.56 Å². The summed E-state index contributed by atoms with van der Waals surface area (Å²) in [6.45, 7) is 1.34. The Morgan fingerprint density at radius 1 is 1.14 bits per heavy atom. The number of nitrogens with zero attached hydrogens (tertiary/aromatic N) is 2. The highest BCUT2D eigenvalue weighted by atomic mass is 32.2. The third-order valence-electron chi connectivity index (χ3n) is 3.96. The van der Waals surface area contributed by atoms with Crippen LogP contribution in [0.25, 0.3) is 16.9 Å². The minimum absolute atomic E-state index is 0.0135. The monoisotopic (exact) mass is 427 g/mol. The number of hydrogen-bond donors (Lipinski definition) is 2. The van der Waals surface area contributed by atoms with E-state index in [2.05, 4.69) is 9.28 Å². The highest BCUT2D eigenvalue weighted by Crippen LogP contribution is 2.35. The van der Waals surface area contributed by atoms with E-state index >= 15 is 0 Å². The van der Waals surface area contributed by atoms with Gasteiger partial charge in [-0.3, -0.25) is 0 Å². The first-order valence-electron chi connectivity index (χ1n) is 8.23. The van der Waals surface area contributed by atoms with Gasteiger partial charge in [-0.2, -0.15) is 31.8 Å². The van der Waals surface area contributed by atoms with Crippen molar-refractivity contribution in [2.24, 2.45) is 5.14 Å². The van der Waals surface area contributed by atoms with E-state index in [0.717, 1.165) is 10.7 Å². The minimum Gasteiger partial charge on any atom is -0.389 e. The molecule has 0 aliphatic rings. The van der Waals surface area contributed by atoms with Gasteiger partial charge in [0.15, 0.2) is 5.69 Å². The van der Waals surface area contributed by atoms with Gasteiger partial charge in [0.25, 0.3) is 0 Å². The number of aliphatic hydroxyl groups excluding tert-OH is 1. The molecule has 2 aromatic carbocycles. The van der Waals surface area contributed by atoms with Crippen LogP contribution < -0.4 is 9.32 Å². The molecule has 0 spiro atoms. The van der Waals surface area contributed by atoms with Crippen LogP contribution in [0.2, 0.25) is 0 Å². The number of nitrogens with two attached hydrogens (primary N) is 1. The Balaban J connectivity index is 2.20. The van der Waals surface area contributed by atoms with Gasteiger partial charge < -0.3 is 9.29 Å². The van der Waals surface area contributed by atoms with Gasteiger partial charge in [-0.25, -0.2) is 4.68 Å². The van der Waals surface area contributed by atoms with Gasteiger partial charge in [-0.15, -0.1) is 0 Å². The van der Waals surface area contributed by atoms with Crippen LogP contribution in [0.1, 0.15) is 24.3 Å². The maximum atomic E-state index is 13.3. The van der Waals surface area contributed by atoms with Gasteiger partial charge in [-0.1, -0.05) is 30.3 Å². The van der Waals surface area contributed by atoms with Crippen molar-refractivity contribution in [3.63, 3.8) is 0 Å². The van der Waals surface area contributed by atoms with Crippen LogP contribution in [0.5, 0.6) is 5.75 Å². The van der Waals surface area contributed by atoms with Crippen LogP contribution in [0.15, 0.2) is 54.6 Å². The molecule has 3 aromatic rings. The number of halogens is 3. The quantitative estimate of drug-likeness (QED) is 0.650. The first-order chi connectivity index (χ1) is 13.5. The van der Waals surface area contributed by atoms with E-state index in [-0.39, 0.29) is 22.7 Å². The summed E-state index contributed by atoms with van der Waals surface area (Å²) in [5.74, 6) is -0.240. The summed E-state index contributed by atoms with van der Waals surface area (Å²) >= 11 is 0. The second-order valence-electron chi connectivity index (χ2n) is 6.16. The summed E-state index contributed by atoms with van der Waals surface area (Å²) in [6.07, 6.45) is -5.86. The Labute approximate surface area is 164 Å². The lowest BCUT2D eigenvalue weighted by molar-refractivity contribution is -0.141. The molecule has 0 fully saturated rings. The van der Waals surface area contributed by atoms with E-state index in [4.69, 9.17) is 5.14 Å². The molecule has 0 bridgehead atoms. The minimum atomic E-state index is -4.67. The predicted molar refractivity (Wildman–Crippen MR) is 98.4 cm³/mol. The normalized spacial score (nSPS) is 13.3. The van der Waals surface area contributed by atoms with Crippen LogP contribution in [-0.2, 0) is 16.5 Å². The lowest BCUT2D eigenvalue weighted by Gasteiger charge is -2.15. The lowest BCUT2D eigenvalue weighted by atomic mass is 10.1. The third kappa shape index (κ3) is 4.75. The number of benzene rings is 2. The second-order valence-corrected chi connectivity index (χ2v) is 7.32. The molecule has 1 atom stereocenters. The smallest absolute Gasteiger partial charge is 0.389 e. The number of rotatable bonds is 5. The van der Waals surface area contributed by atoms with Crippen molar-refractivity contribution in [2.75, 3.05) is 0 Å². The van der Waals surface area contributed by atoms with Gasteiger partial charge >= 0.3 is 16.5 Å². The molecular weight excluding hydrogens is 411 g/mol. The van der Waals surface area contributed by atoms with Gasteiger partial charge in [0.1, 0.15) is 5.75 Å². The van der Waals surface area contributed by atoms with Crippen LogP contribution >= 0.6 is 0 Å². The SMILES string of the molecule is CC(O)c1cc(-n2nc(C(F)(F)F)cc2-c2ccccc2)ccc1OS(N)(=O)=O. The molecule has 1 unspecified atom stereocenters. The largest absolute Gasteiger partial charge is 0.435 e. The van der Waals surface area contributed by atoms with Crippen molar-refractivity contribution in [2.45, 2.75) is 19.2 Å². The molecule has 3 rings (SSSR count). The summed E-state index contributed by atoms with van der Waals surface area (Å²) in [7, 11) is -4.36. The molecule has 29 heavy (non-hydrogen) atoms. The lowest BCUT2D eigenvalue weighted by Crippen LogP contribution is -2.20. The van der Waals surface area contributed by atoms with Crippen molar-refractivity contribution in [1.29, 1.82) is 0 Å². The molecule has 154 valence electrons. The van der Waals surface area contributed by atoms with Crippen LogP contribution in [0.4, 0.5) is 13.2 Å². The molecule has 0 aliphatic heterocycles. The number of aliphatic hydroxyl groups is 1. The molecule has 0 saturated carbocycles. The average molecular weight is 427 g/mol. The van der Waals surface area contributed by atoms with Crippen LogP contribution in [-0.4, -0.2) is 23.3 Å². The van der Waals surface area contributed by atoms with Crippen LogP contribution in [0, 0.1) is 0 Å². The summed E-state index contributed by atoms with van der Waals surface area (Å²) in [5, 5.41) is 18.5. The Bertz CT molecular complexity index is 1130. The summed E-state index contributed by atoms with van der Waals surface area (Å²) in [6, 6.07) is 13.0. The molecule has 0 amide bonds. The Kier molecular flexibility index (Phi) is 5.39. The van der Waals surface area contributed by atoms with Crippen molar-refractivity contribution >= 4 is 10.3 Å². The van der Waals surface area contributed by atoms with Gasteiger partial charge in [-0.05, 0) is 31.2 Å². The van der Waals surface area contributed by atoms with E-state index in [1.807, 2.05) is 0 Å². The molecule has 7 nitrogen and oxygen atoms in total. The van der Waals surface area contributed by atoms with Gasteiger partial charge in [0, 0.05) is 11.1 Å². The van der Waals surface area contributed by atoms with Gasteiger partial charge in [0.2, 0.25) is 0 Å². The summed E-state index contributed by atoms with van der Waals surface area (Å²) in [4.78, 5) is 0. The highest BCUT2D eigenvalue weighted by molar-refractivity contribution is 7.84. The van der Waals surface area contributed by atoms with Crippen molar-refractivity contribution in [1.82, 2.24) is 9.78 Å². The Hall–Kier alpha value is -2.89. The fourth-order valence-electron chi connectivity index (χ4n) is 2.73.